The Morgan fingerprint density at radius 1 is 1.29 bits per heavy atom. The monoisotopic (exact) mass is 321 g/mol. The lowest BCUT2D eigenvalue weighted by Crippen LogP contribution is -2.20. The highest BCUT2D eigenvalue weighted by atomic mass is 35.5. The van der Waals surface area contributed by atoms with Gasteiger partial charge >= 0.3 is 0 Å². The Kier molecular flexibility index (Phi) is 4.17. The van der Waals surface area contributed by atoms with Gasteiger partial charge in [0.15, 0.2) is 23.3 Å². The van der Waals surface area contributed by atoms with Gasteiger partial charge in [-0.1, -0.05) is 11.6 Å². The van der Waals surface area contributed by atoms with Gasteiger partial charge in [-0.3, -0.25) is 9.48 Å². The molecule has 2 aromatic rings. The highest BCUT2D eigenvalue weighted by Crippen LogP contribution is 2.25. The van der Waals surface area contributed by atoms with Crippen LogP contribution in [0.2, 0.25) is 5.02 Å². The predicted octanol–water partition coefficient (Wildman–Crippen LogP) is 3.37. The van der Waals surface area contributed by atoms with Crippen LogP contribution in [0.4, 0.5) is 23.2 Å². The number of rotatable bonds is 3. The molecule has 2 rings (SSSR count). The third-order valence-corrected chi connectivity index (χ3v) is 2.94. The minimum atomic E-state index is -1.71. The fraction of sp³-hybridized carbons (Fsp3) is 0.167. The van der Waals surface area contributed by atoms with E-state index in [1.807, 2.05) is 0 Å². The van der Waals surface area contributed by atoms with E-state index in [9.17, 15) is 22.4 Å². The highest BCUT2D eigenvalue weighted by Gasteiger charge is 2.24. The molecule has 1 heterocycles. The lowest BCUT2D eigenvalue weighted by atomic mass is 10.2. The minimum absolute atomic E-state index is 0.0452. The van der Waals surface area contributed by atoms with Gasteiger partial charge in [0.05, 0.1) is 11.2 Å². The van der Waals surface area contributed by atoms with Crippen LogP contribution in [0.25, 0.3) is 0 Å². The maximum atomic E-state index is 13.5. The molecule has 0 saturated heterocycles. The lowest BCUT2D eigenvalue weighted by Gasteiger charge is -2.10. The number of benzene rings is 1. The molecule has 4 nitrogen and oxygen atoms in total. The summed E-state index contributed by atoms with van der Waals surface area (Å²) in [6, 6.07) is 0.0452. The van der Waals surface area contributed by atoms with Crippen LogP contribution in [0.15, 0.2) is 12.3 Å². The summed E-state index contributed by atoms with van der Waals surface area (Å²) in [6.07, 6.45) is 1.17. The molecule has 0 unspecified atom stereocenters. The Bertz CT molecular complexity index is 691. The van der Waals surface area contributed by atoms with Crippen LogP contribution in [0.1, 0.15) is 17.4 Å². The number of hydrogen-bond donors (Lipinski definition) is 1. The first kappa shape index (κ1) is 15.3. The number of amides is 1. The second-order valence-electron chi connectivity index (χ2n) is 3.95. The summed E-state index contributed by atoms with van der Waals surface area (Å²) >= 11 is 5.75. The second kappa shape index (κ2) is 5.72. The van der Waals surface area contributed by atoms with Crippen LogP contribution >= 0.6 is 11.6 Å². The number of carbonyl (C=O) groups is 1. The molecule has 1 aromatic carbocycles. The van der Waals surface area contributed by atoms with Crippen molar-refractivity contribution < 1.29 is 22.4 Å². The summed E-state index contributed by atoms with van der Waals surface area (Å²) < 4.78 is 54.2. The molecule has 0 aliphatic carbocycles. The molecule has 112 valence electrons. The topological polar surface area (TPSA) is 46.9 Å². The van der Waals surface area contributed by atoms with Crippen molar-refractivity contribution in [3.8, 4) is 0 Å². The maximum absolute atomic E-state index is 13.5. The van der Waals surface area contributed by atoms with Crippen molar-refractivity contribution in [1.82, 2.24) is 9.78 Å². The molecular formula is C12H8ClF4N3O. The smallest absolute Gasteiger partial charge is 0.275 e. The molecule has 1 aromatic heterocycles. The number of hydrogen-bond acceptors (Lipinski definition) is 2. The van der Waals surface area contributed by atoms with Crippen molar-refractivity contribution in [2.24, 2.45) is 0 Å². The molecular weight excluding hydrogens is 314 g/mol. The van der Waals surface area contributed by atoms with E-state index in [-0.39, 0.29) is 23.3 Å². The number of carbonyl (C=O) groups excluding carboxylic acids is 1. The Morgan fingerprint density at radius 3 is 2.38 bits per heavy atom. The van der Waals surface area contributed by atoms with Crippen LogP contribution in [0, 0.1) is 23.3 Å². The zero-order valence-corrected chi connectivity index (χ0v) is 11.3. The van der Waals surface area contributed by atoms with Gasteiger partial charge in [0.2, 0.25) is 0 Å². The van der Waals surface area contributed by atoms with E-state index in [1.165, 1.54) is 10.9 Å². The molecule has 0 atom stereocenters. The summed E-state index contributed by atoms with van der Waals surface area (Å²) in [5, 5.41) is 5.47. The van der Waals surface area contributed by atoms with E-state index in [1.54, 1.807) is 12.2 Å². The average molecular weight is 322 g/mol. The molecule has 0 saturated carbocycles. The third kappa shape index (κ3) is 2.71. The van der Waals surface area contributed by atoms with E-state index in [2.05, 4.69) is 5.10 Å². The first-order chi connectivity index (χ1) is 9.86. The molecule has 1 amide bonds. The van der Waals surface area contributed by atoms with Gasteiger partial charge in [-0.05, 0) is 6.92 Å². The summed E-state index contributed by atoms with van der Waals surface area (Å²) in [5.74, 6) is -7.71. The first-order valence-corrected chi connectivity index (χ1v) is 6.10. The third-order valence-electron chi connectivity index (χ3n) is 2.66. The molecule has 9 heteroatoms. The summed E-state index contributed by atoms with van der Waals surface area (Å²) in [7, 11) is 0. The Hall–Kier alpha value is -2.09. The molecule has 0 bridgehead atoms. The number of aryl methyl sites for hydroxylation is 1. The number of nitrogens with zero attached hydrogens (tertiary/aromatic N) is 2. The summed E-state index contributed by atoms with van der Waals surface area (Å²) in [5.41, 5.74) is -1.40. The molecule has 0 aliphatic heterocycles. The molecule has 21 heavy (non-hydrogen) atoms. The Morgan fingerprint density at radius 2 is 1.86 bits per heavy atom. The van der Waals surface area contributed by atoms with Gasteiger partial charge in [0, 0.05) is 12.6 Å². The fourth-order valence-electron chi connectivity index (χ4n) is 1.68. The molecule has 1 N–H and O–H groups in total. The van der Waals surface area contributed by atoms with E-state index >= 15 is 0 Å². The summed E-state index contributed by atoms with van der Waals surface area (Å²) in [4.78, 5) is 12.0. The van der Waals surface area contributed by atoms with E-state index < -0.39 is 34.9 Å². The molecule has 0 fully saturated rings. The Balaban J connectivity index is 2.43. The Labute approximate surface area is 121 Å². The summed E-state index contributed by atoms with van der Waals surface area (Å²) in [6.45, 7) is 1.92. The molecule has 0 radical (unpaired) electrons. The molecule has 0 aliphatic rings. The number of anilines is 1. The minimum Gasteiger partial charge on any atom is -0.315 e. The quantitative estimate of drug-likeness (QED) is 0.696. The van der Waals surface area contributed by atoms with Crippen molar-refractivity contribution >= 4 is 23.2 Å². The van der Waals surface area contributed by atoms with Crippen LogP contribution < -0.4 is 5.32 Å². The first-order valence-electron chi connectivity index (χ1n) is 5.72. The number of aromatic nitrogens is 2. The zero-order valence-electron chi connectivity index (χ0n) is 10.6. The van der Waals surface area contributed by atoms with Crippen molar-refractivity contribution in [2.45, 2.75) is 13.5 Å². The van der Waals surface area contributed by atoms with Gasteiger partial charge in [0.1, 0.15) is 11.4 Å². The van der Waals surface area contributed by atoms with Crippen molar-refractivity contribution in [1.29, 1.82) is 0 Å². The van der Waals surface area contributed by atoms with Crippen molar-refractivity contribution in [3.05, 3.63) is 46.2 Å². The number of nitrogens with one attached hydrogen (secondary N) is 1. The van der Waals surface area contributed by atoms with Crippen molar-refractivity contribution in [2.75, 3.05) is 5.32 Å². The van der Waals surface area contributed by atoms with Crippen molar-refractivity contribution in [3.63, 3.8) is 0 Å². The van der Waals surface area contributed by atoms with Crippen LogP contribution in [-0.4, -0.2) is 15.7 Å². The van der Waals surface area contributed by atoms with Gasteiger partial charge in [-0.15, -0.1) is 0 Å². The normalized spacial score (nSPS) is 10.8. The second-order valence-corrected chi connectivity index (χ2v) is 4.36. The van der Waals surface area contributed by atoms with Gasteiger partial charge in [0.25, 0.3) is 5.91 Å². The number of halogens is 5. The van der Waals surface area contributed by atoms with Crippen LogP contribution in [0.3, 0.4) is 0 Å². The van der Waals surface area contributed by atoms with Crippen LogP contribution in [0.5, 0.6) is 0 Å². The zero-order chi connectivity index (χ0) is 15.7. The highest BCUT2D eigenvalue weighted by molar-refractivity contribution is 6.34. The largest absolute Gasteiger partial charge is 0.315 e. The van der Waals surface area contributed by atoms with Crippen LogP contribution in [-0.2, 0) is 6.54 Å². The predicted molar refractivity (Wildman–Crippen MR) is 67.1 cm³/mol. The van der Waals surface area contributed by atoms with Gasteiger partial charge in [-0.2, -0.15) is 5.10 Å². The van der Waals surface area contributed by atoms with E-state index in [4.69, 9.17) is 11.6 Å². The standard InChI is InChI=1S/C12H8ClF4N3O/c1-2-20-11(5(13)4-18-20)12(21)19-10-8(16)6(14)3-7(15)9(10)17/h3-4H,2H2,1H3,(H,19,21). The molecule has 0 spiro atoms. The average Bonchev–Trinajstić information content (AvgIpc) is 2.82. The maximum Gasteiger partial charge on any atom is 0.275 e. The van der Waals surface area contributed by atoms with Gasteiger partial charge in [-0.25, -0.2) is 17.6 Å². The van der Waals surface area contributed by atoms with E-state index in [0.717, 1.165) is 0 Å². The van der Waals surface area contributed by atoms with E-state index in [0.29, 0.717) is 0 Å². The fourth-order valence-corrected chi connectivity index (χ4v) is 1.91. The SMILES string of the molecule is CCn1ncc(Cl)c1C(=O)Nc1c(F)c(F)cc(F)c1F. The van der Waals surface area contributed by atoms with Gasteiger partial charge < -0.3 is 5.32 Å². The lowest BCUT2D eigenvalue weighted by molar-refractivity contribution is 0.101.